The zero-order valence-electron chi connectivity index (χ0n) is 21.6. The van der Waals surface area contributed by atoms with Crippen molar-refractivity contribution < 1.29 is 0 Å². The normalized spacial score (nSPS) is 11.8. The summed E-state index contributed by atoms with van der Waals surface area (Å²) in [6, 6.07) is 51.9. The van der Waals surface area contributed by atoms with Gasteiger partial charge in [-0.3, -0.25) is 0 Å². The highest BCUT2D eigenvalue weighted by Crippen LogP contribution is 2.43. The van der Waals surface area contributed by atoms with E-state index in [1.807, 2.05) is 0 Å². The standard InChI is InChI=1S/C36H24ClN2P/c37-40(27-19-21-35-31(23-27)29-15-7-9-17-33(29)38(35)25-11-3-1-4-12-25)28-20-22-36-32(24-28)30-16-8-10-18-34(30)39(36)26-13-5-2-6-14-26/h1-24H. The summed E-state index contributed by atoms with van der Waals surface area (Å²) in [5.74, 6) is 0. The van der Waals surface area contributed by atoms with Gasteiger partial charge in [0.05, 0.1) is 29.3 Å². The summed E-state index contributed by atoms with van der Waals surface area (Å²) < 4.78 is 4.69. The van der Waals surface area contributed by atoms with E-state index in [9.17, 15) is 0 Å². The van der Waals surface area contributed by atoms with Crippen molar-refractivity contribution in [1.82, 2.24) is 9.13 Å². The molecule has 8 aromatic rings. The Morgan fingerprint density at radius 3 is 1.20 bits per heavy atom. The molecule has 0 spiro atoms. The van der Waals surface area contributed by atoms with Gasteiger partial charge in [-0.2, -0.15) is 0 Å². The maximum Gasteiger partial charge on any atom is 0.0541 e. The van der Waals surface area contributed by atoms with Gasteiger partial charge in [0.25, 0.3) is 0 Å². The first-order valence-electron chi connectivity index (χ1n) is 13.4. The monoisotopic (exact) mass is 550 g/mol. The second-order valence-electron chi connectivity index (χ2n) is 10.1. The minimum atomic E-state index is -1.06. The van der Waals surface area contributed by atoms with Crippen molar-refractivity contribution in [2.75, 3.05) is 0 Å². The molecule has 2 aromatic heterocycles. The molecule has 2 heterocycles. The van der Waals surface area contributed by atoms with Crippen LogP contribution < -0.4 is 10.6 Å². The summed E-state index contributed by atoms with van der Waals surface area (Å²) in [6.45, 7) is 0. The summed E-state index contributed by atoms with van der Waals surface area (Å²) in [7, 11) is -1.06. The quantitative estimate of drug-likeness (QED) is 0.193. The van der Waals surface area contributed by atoms with E-state index in [1.165, 1.54) is 43.6 Å². The first-order valence-corrected chi connectivity index (χ1v) is 15.7. The molecule has 0 atom stereocenters. The van der Waals surface area contributed by atoms with Crippen molar-refractivity contribution >= 4 is 72.7 Å². The van der Waals surface area contributed by atoms with E-state index in [-0.39, 0.29) is 0 Å². The number of hydrogen-bond donors (Lipinski definition) is 0. The number of fused-ring (bicyclic) bond motifs is 6. The van der Waals surface area contributed by atoms with Gasteiger partial charge in [-0.15, -0.1) is 0 Å². The number of hydrogen-bond acceptors (Lipinski definition) is 0. The Kier molecular flexibility index (Phi) is 5.52. The fourth-order valence-corrected chi connectivity index (χ4v) is 7.85. The summed E-state index contributed by atoms with van der Waals surface area (Å²) in [6.07, 6.45) is 0. The summed E-state index contributed by atoms with van der Waals surface area (Å²) in [4.78, 5) is 0. The maximum absolute atomic E-state index is 7.33. The molecule has 0 bridgehead atoms. The molecule has 6 aromatic carbocycles. The van der Waals surface area contributed by atoms with Crippen molar-refractivity contribution in [2.24, 2.45) is 0 Å². The minimum absolute atomic E-state index is 1.06. The molecule has 0 saturated carbocycles. The second kappa shape index (κ2) is 9.38. The summed E-state index contributed by atoms with van der Waals surface area (Å²) in [5.41, 5.74) is 7.12. The van der Waals surface area contributed by atoms with Gasteiger partial charge in [0.15, 0.2) is 0 Å². The third-order valence-corrected chi connectivity index (χ3v) is 10.4. The van der Waals surface area contributed by atoms with Crippen molar-refractivity contribution in [3.05, 3.63) is 146 Å². The number of nitrogens with zero attached hydrogens (tertiary/aromatic N) is 2. The fraction of sp³-hybridized carbons (Fsp3) is 0. The number of para-hydroxylation sites is 4. The van der Waals surface area contributed by atoms with Crippen LogP contribution >= 0.6 is 18.5 Å². The van der Waals surface area contributed by atoms with Gasteiger partial charge in [0.1, 0.15) is 0 Å². The average molecular weight is 551 g/mol. The fourth-order valence-electron chi connectivity index (χ4n) is 6.03. The molecule has 0 N–H and O–H groups in total. The Bertz CT molecular complexity index is 2020. The minimum Gasteiger partial charge on any atom is -0.309 e. The molecule has 190 valence electrons. The molecule has 40 heavy (non-hydrogen) atoms. The Morgan fingerprint density at radius 2 is 0.750 bits per heavy atom. The van der Waals surface area contributed by atoms with E-state index >= 15 is 0 Å². The zero-order chi connectivity index (χ0) is 26.6. The number of rotatable bonds is 4. The van der Waals surface area contributed by atoms with Crippen molar-refractivity contribution in [3.63, 3.8) is 0 Å². The maximum atomic E-state index is 7.33. The molecule has 0 aliphatic rings. The molecular weight excluding hydrogens is 527 g/mol. The summed E-state index contributed by atoms with van der Waals surface area (Å²) >= 11 is 7.33. The van der Waals surface area contributed by atoms with E-state index in [1.54, 1.807) is 0 Å². The highest BCUT2D eigenvalue weighted by atomic mass is 35.7. The molecule has 0 unspecified atom stereocenters. The van der Waals surface area contributed by atoms with Crippen molar-refractivity contribution in [2.45, 2.75) is 0 Å². The van der Waals surface area contributed by atoms with Crippen LogP contribution in [0.25, 0.3) is 55.0 Å². The molecule has 8 rings (SSSR count). The van der Waals surface area contributed by atoms with Crippen LogP contribution in [0, 0.1) is 0 Å². The van der Waals surface area contributed by atoms with Crippen LogP contribution in [0.3, 0.4) is 0 Å². The second-order valence-corrected chi connectivity index (χ2v) is 12.7. The Balaban J connectivity index is 1.29. The molecule has 0 aliphatic heterocycles. The van der Waals surface area contributed by atoms with Gasteiger partial charge in [0, 0.05) is 32.9 Å². The van der Waals surface area contributed by atoms with Crippen LogP contribution in [0.4, 0.5) is 0 Å². The summed E-state index contributed by atoms with van der Waals surface area (Å²) in [5, 5.41) is 7.26. The van der Waals surface area contributed by atoms with E-state index in [0.717, 1.165) is 22.0 Å². The van der Waals surface area contributed by atoms with E-state index in [2.05, 4.69) is 155 Å². The molecule has 0 saturated heterocycles. The number of benzene rings is 6. The predicted molar refractivity (Wildman–Crippen MR) is 174 cm³/mol. The van der Waals surface area contributed by atoms with Crippen LogP contribution in [-0.4, -0.2) is 9.13 Å². The molecule has 0 aliphatic carbocycles. The van der Waals surface area contributed by atoms with Crippen LogP contribution in [-0.2, 0) is 0 Å². The Labute approximate surface area is 238 Å². The van der Waals surface area contributed by atoms with Crippen LogP contribution in [0.2, 0.25) is 0 Å². The van der Waals surface area contributed by atoms with Gasteiger partial charge in [-0.1, -0.05) is 96.2 Å². The third kappa shape index (κ3) is 3.61. The zero-order valence-corrected chi connectivity index (χ0v) is 23.2. The highest BCUT2D eigenvalue weighted by molar-refractivity contribution is 7.95. The Morgan fingerprint density at radius 1 is 0.375 bits per heavy atom. The molecule has 0 fully saturated rings. The lowest BCUT2D eigenvalue weighted by molar-refractivity contribution is 1.18. The molecule has 4 heteroatoms. The lowest BCUT2D eigenvalue weighted by atomic mass is 10.1. The van der Waals surface area contributed by atoms with Crippen LogP contribution in [0.1, 0.15) is 0 Å². The first-order chi connectivity index (χ1) is 19.8. The lowest BCUT2D eigenvalue weighted by Gasteiger charge is -2.13. The van der Waals surface area contributed by atoms with Gasteiger partial charge in [-0.05, 0) is 71.3 Å². The largest absolute Gasteiger partial charge is 0.309 e. The highest BCUT2D eigenvalue weighted by Gasteiger charge is 2.19. The van der Waals surface area contributed by atoms with Gasteiger partial charge in [-0.25, -0.2) is 0 Å². The predicted octanol–water partition coefficient (Wildman–Crippen LogP) is 9.47. The van der Waals surface area contributed by atoms with Gasteiger partial charge < -0.3 is 9.13 Å². The van der Waals surface area contributed by atoms with E-state index in [0.29, 0.717) is 0 Å². The van der Waals surface area contributed by atoms with Crippen LogP contribution in [0.5, 0.6) is 0 Å². The van der Waals surface area contributed by atoms with Gasteiger partial charge >= 0.3 is 0 Å². The Hall–Kier alpha value is -4.36. The van der Waals surface area contributed by atoms with Crippen molar-refractivity contribution in [1.29, 1.82) is 0 Å². The molecule has 2 nitrogen and oxygen atoms in total. The third-order valence-electron chi connectivity index (χ3n) is 7.79. The van der Waals surface area contributed by atoms with E-state index in [4.69, 9.17) is 11.2 Å². The molecular formula is C36H24ClN2P. The van der Waals surface area contributed by atoms with Crippen molar-refractivity contribution in [3.8, 4) is 11.4 Å². The van der Waals surface area contributed by atoms with Gasteiger partial charge in [0.2, 0.25) is 0 Å². The number of halogens is 1. The van der Waals surface area contributed by atoms with E-state index < -0.39 is 7.27 Å². The molecule has 0 amide bonds. The number of aromatic nitrogens is 2. The smallest absolute Gasteiger partial charge is 0.0541 e. The first kappa shape index (κ1) is 23.5. The topological polar surface area (TPSA) is 9.86 Å². The average Bonchev–Trinajstić information content (AvgIpc) is 3.54. The van der Waals surface area contributed by atoms with Crippen LogP contribution in [0.15, 0.2) is 146 Å². The SMILES string of the molecule is ClP(c1ccc2c(c1)c1ccccc1n2-c1ccccc1)c1ccc2c(c1)c1ccccc1n2-c1ccccc1. The lowest BCUT2D eigenvalue weighted by Crippen LogP contribution is -2.08. The molecule has 0 radical (unpaired) electrons.